The van der Waals surface area contributed by atoms with Crippen LogP contribution in [0.5, 0.6) is 0 Å². The zero-order chi connectivity index (χ0) is 12.3. The largest absolute Gasteiger partial charge is 0.127 e. The minimum atomic E-state index is 0.697. The fraction of sp³-hybridized carbons (Fsp3) is 0.312. The van der Waals surface area contributed by atoms with Gasteiger partial charge in [0, 0.05) is 5.88 Å². The third-order valence-electron chi connectivity index (χ3n) is 2.53. The number of rotatable bonds is 7. The van der Waals surface area contributed by atoms with Crippen LogP contribution in [0.15, 0.2) is 60.4 Å². The Morgan fingerprint density at radius 3 is 2.71 bits per heavy atom. The highest BCUT2D eigenvalue weighted by molar-refractivity contribution is 6.17. The molecule has 0 aliphatic carbocycles. The summed E-state index contributed by atoms with van der Waals surface area (Å²) in [5.74, 6) is 0.697. The van der Waals surface area contributed by atoms with Crippen LogP contribution >= 0.6 is 11.6 Å². The number of halogens is 1. The first kappa shape index (κ1) is 13.8. The third-order valence-corrected chi connectivity index (χ3v) is 2.80. The molecule has 0 N–H and O–H groups in total. The lowest BCUT2D eigenvalue weighted by Gasteiger charge is -1.96. The molecule has 0 aliphatic rings. The van der Waals surface area contributed by atoms with E-state index in [1.165, 1.54) is 5.56 Å². The molecule has 0 heterocycles. The second-order valence-electron chi connectivity index (χ2n) is 3.89. The van der Waals surface area contributed by atoms with Gasteiger partial charge in [0.2, 0.25) is 0 Å². The standard InChI is InChI=1S/C16H19Cl/c1-2-15(13-8-14-17)9-6-7-12-16-10-4-3-5-11-16/h2-6,10-11H,1,7-8,12-14H2. The molecule has 0 saturated carbocycles. The van der Waals surface area contributed by atoms with Gasteiger partial charge in [0.1, 0.15) is 0 Å². The van der Waals surface area contributed by atoms with E-state index in [1.54, 1.807) is 0 Å². The van der Waals surface area contributed by atoms with Crippen molar-refractivity contribution in [1.82, 2.24) is 0 Å². The van der Waals surface area contributed by atoms with Crippen LogP contribution in [-0.2, 0) is 6.42 Å². The van der Waals surface area contributed by atoms with Crippen molar-refractivity contribution in [3.63, 3.8) is 0 Å². The minimum absolute atomic E-state index is 0.697. The molecule has 1 rings (SSSR count). The van der Waals surface area contributed by atoms with Crippen LogP contribution in [0.25, 0.3) is 0 Å². The van der Waals surface area contributed by atoms with E-state index < -0.39 is 0 Å². The number of hydrogen-bond donors (Lipinski definition) is 0. The Bertz CT molecular complexity index is 383. The fourth-order valence-corrected chi connectivity index (χ4v) is 1.71. The number of benzene rings is 1. The zero-order valence-electron chi connectivity index (χ0n) is 10.2. The molecule has 0 nitrogen and oxygen atoms in total. The second-order valence-corrected chi connectivity index (χ2v) is 4.27. The van der Waals surface area contributed by atoms with Crippen molar-refractivity contribution in [2.45, 2.75) is 25.7 Å². The normalized spacial score (nSPS) is 9.47. The fourth-order valence-electron chi connectivity index (χ4n) is 1.58. The van der Waals surface area contributed by atoms with Gasteiger partial charge in [-0.15, -0.1) is 17.3 Å². The van der Waals surface area contributed by atoms with E-state index in [-0.39, 0.29) is 0 Å². The van der Waals surface area contributed by atoms with Gasteiger partial charge in [0.25, 0.3) is 0 Å². The van der Waals surface area contributed by atoms with E-state index in [0.29, 0.717) is 5.88 Å². The Balaban J connectivity index is 2.42. The summed E-state index contributed by atoms with van der Waals surface area (Å²) in [5, 5.41) is 0. The molecule has 0 atom stereocenters. The van der Waals surface area contributed by atoms with E-state index in [1.807, 2.05) is 12.1 Å². The SMILES string of the molecule is C=CC(=C=CCCc1ccccc1)CCCCl. The summed E-state index contributed by atoms with van der Waals surface area (Å²) >= 11 is 5.66. The minimum Gasteiger partial charge on any atom is -0.127 e. The van der Waals surface area contributed by atoms with Gasteiger partial charge in [-0.25, -0.2) is 0 Å². The molecule has 0 fully saturated rings. The van der Waals surface area contributed by atoms with Crippen molar-refractivity contribution in [2.75, 3.05) is 5.88 Å². The summed E-state index contributed by atoms with van der Waals surface area (Å²) in [6.45, 7) is 3.79. The first-order chi connectivity index (χ1) is 8.36. The Morgan fingerprint density at radius 2 is 2.06 bits per heavy atom. The second kappa shape index (κ2) is 8.87. The van der Waals surface area contributed by atoms with Crippen molar-refractivity contribution in [2.24, 2.45) is 0 Å². The maximum absolute atomic E-state index is 5.66. The molecule has 1 heteroatoms. The summed E-state index contributed by atoms with van der Waals surface area (Å²) < 4.78 is 0. The third kappa shape index (κ3) is 6.16. The lowest BCUT2D eigenvalue weighted by molar-refractivity contribution is 0.933. The first-order valence-corrected chi connectivity index (χ1v) is 6.56. The van der Waals surface area contributed by atoms with Crippen LogP contribution in [0.3, 0.4) is 0 Å². The van der Waals surface area contributed by atoms with E-state index in [9.17, 15) is 0 Å². The van der Waals surface area contributed by atoms with Gasteiger partial charge in [-0.3, -0.25) is 0 Å². The van der Waals surface area contributed by atoms with Crippen molar-refractivity contribution in [1.29, 1.82) is 0 Å². The predicted octanol–water partition coefficient (Wildman–Crippen LogP) is 4.91. The van der Waals surface area contributed by atoms with E-state index in [4.69, 9.17) is 11.6 Å². The molecule has 1 aromatic rings. The molecule has 0 bridgehead atoms. The van der Waals surface area contributed by atoms with E-state index in [0.717, 1.165) is 31.3 Å². The zero-order valence-corrected chi connectivity index (χ0v) is 10.9. The predicted molar refractivity (Wildman–Crippen MR) is 76.5 cm³/mol. The highest BCUT2D eigenvalue weighted by Crippen LogP contribution is 2.06. The van der Waals surface area contributed by atoms with Gasteiger partial charge in [0.15, 0.2) is 0 Å². The lowest BCUT2D eigenvalue weighted by Crippen LogP contribution is -1.81. The molecular weight excluding hydrogens is 228 g/mol. The molecule has 0 aliphatic heterocycles. The maximum Gasteiger partial charge on any atom is 0.0226 e. The number of hydrogen-bond acceptors (Lipinski definition) is 0. The smallest absolute Gasteiger partial charge is 0.0226 e. The molecule has 0 saturated heterocycles. The number of aryl methyl sites for hydroxylation is 1. The summed E-state index contributed by atoms with van der Waals surface area (Å²) in [6.07, 6.45) is 8.00. The molecule has 0 spiro atoms. The molecule has 1 aromatic carbocycles. The van der Waals surface area contributed by atoms with Gasteiger partial charge in [0.05, 0.1) is 0 Å². The van der Waals surface area contributed by atoms with Crippen molar-refractivity contribution in [3.05, 3.63) is 65.9 Å². The Morgan fingerprint density at radius 1 is 1.29 bits per heavy atom. The topological polar surface area (TPSA) is 0 Å². The van der Waals surface area contributed by atoms with Crippen molar-refractivity contribution >= 4 is 11.6 Å². The van der Waals surface area contributed by atoms with Gasteiger partial charge in [-0.2, -0.15) is 0 Å². The van der Waals surface area contributed by atoms with Gasteiger partial charge in [-0.1, -0.05) is 43.0 Å². The molecule has 0 aromatic heterocycles. The molecule has 17 heavy (non-hydrogen) atoms. The Kier molecular flexibility index (Phi) is 7.22. The Labute approximate surface area is 109 Å². The highest BCUT2D eigenvalue weighted by Gasteiger charge is 1.90. The summed E-state index contributed by atoms with van der Waals surface area (Å²) in [5.41, 5.74) is 5.81. The maximum atomic E-state index is 5.66. The van der Waals surface area contributed by atoms with E-state index >= 15 is 0 Å². The molecule has 0 unspecified atom stereocenters. The van der Waals surface area contributed by atoms with Gasteiger partial charge >= 0.3 is 0 Å². The lowest BCUT2D eigenvalue weighted by atomic mass is 10.1. The number of alkyl halides is 1. The average Bonchev–Trinajstić information content (AvgIpc) is 2.39. The monoisotopic (exact) mass is 246 g/mol. The van der Waals surface area contributed by atoms with E-state index in [2.05, 4.69) is 42.7 Å². The van der Waals surface area contributed by atoms with Crippen LogP contribution in [-0.4, -0.2) is 5.88 Å². The number of allylic oxidation sites excluding steroid dienone is 2. The summed E-state index contributed by atoms with van der Waals surface area (Å²) in [7, 11) is 0. The summed E-state index contributed by atoms with van der Waals surface area (Å²) in [6, 6.07) is 10.5. The van der Waals surface area contributed by atoms with Crippen LogP contribution in [0.2, 0.25) is 0 Å². The summed E-state index contributed by atoms with van der Waals surface area (Å²) in [4.78, 5) is 0. The Hall–Kier alpha value is -1.23. The molecule has 0 radical (unpaired) electrons. The van der Waals surface area contributed by atoms with Gasteiger partial charge < -0.3 is 0 Å². The van der Waals surface area contributed by atoms with Crippen molar-refractivity contribution < 1.29 is 0 Å². The molecule has 0 amide bonds. The average molecular weight is 247 g/mol. The molecule has 90 valence electrons. The first-order valence-electron chi connectivity index (χ1n) is 6.03. The van der Waals surface area contributed by atoms with Crippen LogP contribution < -0.4 is 0 Å². The quantitative estimate of drug-likeness (QED) is 0.365. The highest BCUT2D eigenvalue weighted by atomic mass is 35.5. The van der Waals surface area contributed by atoms with Crippen LogP contribution in [0.4, 0.5) is 0 Å². The van der Waals surface area contributed by atoms with Crippen LogP contribution in [0, 0.1) is 0 Å². The van der Waals surface area contributed by atoms with Gasteiger partial charge in [-0.05, 0) is 42.9 Å². The van der Waals surface area contributed by atoms with Crippen LogP contribution in [0.1, 0.15) is 24.8 Å². The molecular formula is C16H19Cl. The van der Waals surface area contributed by atoms with Crippen molar-refractivity contribution in [3.8, 4) is 0 Å².